The van der Waals surface area contributed by atoms with Crippen molar-refractivity contribution in [2.45, 2.75) is 38.1 Å². The van der Waals surface area contributed by atoms with E-state index in [4.69, 9.17) is 0 Å². The molecule has 0 aliphatic carbocycles. The smallest absolute Gasteiger partial charge is 0.0447 e. The van der Waals surface area contributed by atoms with E-state index < -0.39 is 0 Å². The fourth-order valence-corrected chi connectivity index (χ4v) is 2.16. The van der Waals surface area contributed by atoms with Gasteiger partial charge in [0.2, 0.25) is 0 Å². The van der Waals surface area contributed by atoms with Crippen molar-refractivity contribution in [2.75, 3.05) is 6.54 Å². The maximum absolute atomic E-state index is 4.41. The summed E-state index contributed by atoms with van der Waals surface area (Å²) < 4.78 is 0. The second kappa shape index (κ2) is 4.56. The molecule has 2 unspecified atom stereocenters. The third-order valence-electron chi connectivity index (χ3n) is 3.11. The molecule has 0 radical (unpaired) electrons. The van der Waals surface area contributed by atoms with Gasteiger partial charge in [-0.3, -0.25) is 4.98 Å². The minimum Gasteiger partial charge on any atom is -0.313 e. The first-order chi connectivity index (χ1) is 6.88. The molecule has 1 N–H and O–H groups in total. The molecule has 2 nitrogen and oxygen atoms in total. The molecular weight excluding hydrogens is 172 g/mol. The van der Waals surface area contributed by atoms with Gasteiger partial charge >= 0.3 is 0 Å². The monoisotopic (exact) mass is 190 g/mol. The number of nitrogens with one attached hydrogen (secondary N) is 1. The fraction of sp³-hybridized carbons (Fsp3) is 0.583. The summed E-state index contributed by atoms with van der Waals surface area (Å²) in [5.41, 5.74) is 1.21. The van der Waals surface area contributed by atoms with Gasteiger partial charge in [0.1, 0.15) is 0 Å². The molecule has 2 heterocycles. The third kappa shape index (κ3) is 2.13. The molecule has 2 rings (SSSR count). The van der Waals surface area contributed by atoms with Crippen LogP contribution < -0.4 is 5.32 Å². The lowest BCUT2D eigenvalue weighted by atomic mass is 9.91. The highest BCUT2D eigenvalue weighted by Gasteiger charge is 2.21. The molecule has 1 aliphatic rings. The van der Waals surface area contributed by atoms with Crippen LogP contribution in [0.3, 0.4) is 0 Å². The Kier molecular flexibility index (Phi) is 3.14. The number of hydrogen-bond donors (Lipinski definition) is 1. The topological polar surface area (TPSA) is 24.9 Å². The second-order valence-electron chi connectivity index (χ2n) is 4.10. The van der Waals surface area contributed by atoms with Gasteiger partial charge in [0.25, 0.3) is 0 Å². The van der Waals surface area contributed by atoms with Crippen molar-refractivity contribution in [3.63, 3.8) is 0 Å². The Morgan fingerprint density at radius 1 is 1.43 bits per heavy atom. The SMILES string of the molecule is CC(c1ccccn1)C1CCCCN1. The molecular formula is C12H18N2. The molecule has 1 fully saturated rings. The Bertz CT molecular complexity index is 265. The largest absolute Gasteiger partial charge is 0.313 e. The Morgan fingerprint density at radius 2 is 2.36 bits per heavy atom. The summed E-state index contributed by atoms with van der Waals surface area (Å²) in [6.07, 6.45) is 5.85. The number of piperidine rings is 1. The van der Waals surface area contributed by atoms with E-state index in [2.05, 4.69) is 29.4 Å². The average Bonchev–Trinajstić information content (AvgIpc) is 2.30. The van der Waals surface area contributed by atoms with Gasteiger partial charge in [-0.2, -0.15) is 0 Å². The van der Waals surface area contributed by atoms with Crippen molar-refractivity contribution >= 4 is 0 Å². The summed E-state index contributed by atoms with van der Waals surface area (Å²) in [6, 6.07) is 6.80. The van der Waals surface area contributed by atoms with E-state index in [0.29, 0.717) is 12.0 Å². The number of nitrogens with zero attached hydrogens (tertiary/aromatic N) is 1. The van der Waals surface area contributed by atoms with Crippen LogP contribution in [0.1, 0.15) is 37.8 Å². The van der Waals surface area contributed by atoms with Crippen molar-refractivity contribution in [1.82, 2.24) is 10.3 Å². The number of aromatic nitrogens is 1. The molecule has 0 amide bonds. The molecule has 1 saturated heterocycles. The van der Waals surface area contributed by atoms with Gasteiger partial charge in [0.05, 0.1) is 0 Å². The second-order valence-corrected chi connectivity index (χ2v) is 4.10. The van der Waals surface area contributed by atoms with Crippen LogP contribution in [0, 0.1) is 0 Å². The van der Waals surface area contributed by atoms with Crippen molar-refractivity contribution in [2.24, 2.45) is 0 Å². The molecule has 2 heteroatoms. The first-order valence-electron chi connectivity index (χ1n) is 5.52. The van der Waals surface area contributed by atoms with Crippen LogP contribution in [0.4, 0.5) is 0 Å². The maximum Gasteiger partial charge on any atom is 0.0447 e. The van der Waals surface area contributed by atoms with Crippen LogP contribution >= 0.6 is 0 Å². The van der Waals surface area contributed by atoms with Gasteiger partial charge in [0.15, 0.2) is 0 Å². The van der Waals surface area contributed by atoms with E-state index in [9.17, 15) is 0 Å². The molecule has 1 aromatic heterocycles. The summed E-state index contributed by atoms with van der Waals surface area (Å²) in [6.45, 7) is 3.44. The lowest BCUT2D eigenvalue weighted by Gasteiger charge is -2.28. The molecule has 1 aliphatic heterocycles. The summed E-state index contributed by atoms with van der Waals surface area (Å²) >= 11 is 0. The highest BCUT2D eigenvalue weighted by molar-refractivity contribution is 5.11. The Morgan fingerprint density at radius 3 is 3.00 bits per heavy atom. The van der Waals surface area contributed by atoms with Gasteiger partial charge in [-0.15, -0.1) is 0 Å². The average molecular weight is 190 g/mol. The lowest BCUT2D eigenvalue weighted by molar-refractivity contribution is 0.358. The molecule has 0 bridgehead atoms. The Balaban J connectivity index is 2.03. The first-order valence-corrected chi connectivity index (χ1v) is 5.52. The number of rotatable bonds is 2. The predicted molar refractivity (Wildman–Crippen MR) is 58.3 cm³/mol. The molecule has 0 saturated carbocycles. The van der Waals surface area contributed by atoms with Crippen LogP contribution in [-0.2, 0) is 0 Å². The van der Waals surface area contributed by atoms with Crippen LogP contribution in [-0.4, -0.2) is 17.6 Å². The van der Waals surface area contributed by atoms with Gasteiger partial charge in [-0.05, 0) is 31.5 Å². The van der Waals surface area contributed by atoms with E-state index in [0.717, 1.165) is 0 Å². The summed E-state index contributed by atoms with van der Waals surface area (Å²) in [5.74, 6) is 0.538. The quantitative estimate of drug-likeness (QED) is 0.774. The zero-order valence-corrected chi connectivity index (χ0v) is 8.74. The molecule has 1 aromatic rings. The molecule has 2 atom stereocenters. The first kappa shape index (κ1) is 9.66. The van der Waals surface area contributed by atoms with Crippen LogP contribution in [0.15, 0.2) is 24.4 Å². The Hall–Kier alpha value is -0.890. The minimum atomic E-state index is 0.538. The normalized spacial score (nSPS) is 24.5. The zero-order valence-electron chi connectivity index (χ0n) is 8.74. The Labute approximate surface area is 85.7 Å². The van der Waals surface area contributed by atoms with Crippen LogP contribution in [0.2, 0.25) is 0 Å². The highest BCUT2D eigenvalue weighted by atomic mass is 14.9. The van der Waals surface area contributed by atoms with E-state index in [1.165, 1.54) is 31.5 Å². The minimum absolute atomic E-state index is 0.538. The number of hydrogen-bond acceptors (Lipinski definition) is 2. The fourth-order valence-electron chi connectivity index (χ4n) is 2.16. The molecule has 0 spiro atoms. The van der Waals surface area contributed by atoms with Crippen LogP contribution in [0.25, 0.3) is 0 Å². The summed E-state index contributed by atoms with van der Waals surface area (Å²) in [5, 5.41) is 3.58. The van der Waals surface area contributed by atoms with E-state index >= 15 is 0 Å². The lowest BCUT2D eigenvalue weighted by Crippen LogP contribution is -2.38. The van der Waals surface area contributed by atoms with Crippen molar-refractivity contribution in [3.05, 3.63) is 30.1 Å². The maximum atomic E-state index is 4.41. The summed E-state index contributed by atoms with van der Waals surface area (Å²) in [4.78, 5) is 4.41. The van der Waals surface area contributed by atoms with Crippen molar-refractivity contribution in [3.8, 4) is 0 Å². The van der Waals surface area contributed by atoms with Gasteiger partial charge in [0, 0.05) is 23.9 Å². The van der Waals surface area contributed by atoms with Crippen molar-refractivity contribution in [1.29, 1.82) is 0 Å². The zero-order chi connectivity index (χ0) is 9.80. The highest BCUT2D eigenvalue weighted by Crippen LogP contribution is 2.22. The third-order valence-corrected chi connectivity index (χ3v) is 3.11. The van der Waals surface area contributed by atoms with Gasteiger partial charge in [-0.25, -0.2) is 0 Å². The van der Waals surface area contributed by atoms with Crippen molar-refractivity contribution < 1.29 is 0 Å². The summed E-state index contributed by atoms with van der Waals surface area (Å²) in [7, 11) is 0. The van der Waals surface area contributed by atoms with Crippen LogP contribution in [0.5, 0.6) is 0 Å². The molecule has 14 heavy (non-hydrogen) atoms. The van der Waals surface area contributed by atoms with E-state index in [-0.39, 0.29) is 0 Å². The molecule has 0 aromatic carbocycles. The van der Waals surface area contributed by atoms with E-state index in [1.807, 2.05) is 12.3 Å². The standard InChI is InChI=1S/C12H18N2/c1-10(11-6-2-4-8-13-11)12-7-3-5-9-14-12/h2,4,6,8,10,12,14H,3,5,7,9H2,1H3. The molecule has 76 valence electrons. The predicted octanol–water partition coefficient (Wildman–Crippen LogP) is 2.33. The number of pyridine rings is 1. The van der Waals surface area contributed by atoms with E-state index in [1.54, 1.807) is 0 Å². The van der Waals surface area contributed by atoms with Gasteiger partial charge < -0.3 is 5.32 Å². The van der Waals surface area contributed by atoms with Gasteiger partial charge in [-0.1, -0.05) is 19.4 Å².